The SMILES string of the molecule is CC.OC(CCCN1CCC(C(O)(c2ccccc2)c2ccccc2)CC1)c1ccc(Br)cc1. The third kappa shape index (κ3) is 6.57. The predicted molar refractivity (Wildman–Crippen MR) is 145 cm³/mol. The molecule has 2 N–H and O–H groups in total. The van der Waals surface area contributed by atoms with Crippen LogP contribution < -0.4 is 0 Å². The highest BCUT2D eigenvalue weighted by Gasteiger charge is 2.41. The van der Waals surface area contributed by atoms with E-state index < -0.39 is 11.7 Å². The van der Waals surface area contributed by atoms with Crippen molar-refractivity contribution in [2.45, 2.75) is 51.2 Å². The monoisotopic (exact) mass is 523 g/mol. The second-order valence-electron chi connectivity index (χ2n) is 8.82. The second kappa shape index (κ2) is 13.2. The zero-order chi connectivity index (χ0) is 24.4. The summed E-state index contributed by atoms with van der Waals surface area (Å²) in [5.41, 5.74) is 1.96. The molecule has 0 spiro atoms. The second-order valence-corrected chi connectivity index (χ2v) is 9.74. The summed E-state index contributed by atoms with van der Waals surface area (Å²) in [6, 6.07) is 28.1. The minimum absolute atomic E-state index is 0.178. The van der Waals surface area contributed by atoms with Crippen LogP contribution in [0.3, 0.4) is 0 Å². The summed E-state index contributed by atoms with van der Waals surface area (Å²) in [6.45, 7) is 6.93. The third-order valence-electron chi connectivity index (χ3n) is 6.81. The number of aliphatic hydroxyl groups is 2. The molecule has 1 fully saturated rings. The van der Waals surface area contributed by atoms with Gasteiger partial charge in [0, 0.05) is 4.47 Å². The zero-order valence-corrected chi connectivity index (χ0v) is 22.0. The molecule has 1 aliphatic heterocycles. The molecule has 1 saturated heterocycles. The molecule has 0 radical (unpaired) electrons. The molecule has 0 aromatic heterocycles. The molecule has 1 aliphatic rings. The van der Waals surface area contributed by atoms with E-state index in [0.29, 0.717) is 0 Å². The van der Waals surface area contributed by atoms with Crippen molar-refractivity contribution in [3.05, 3.63) is 106 Å². The number of hydrogen-bond donors (Lipinski definition) is 2. The van der Waals surface area contributed by atoms with Crippen molar-refractivity contribution in [2.24, 2.45) is 5.92 Å². The quantitative estimate of drug-likeness (QED) is 0.336. The van der Waals surface area contributed by atoms with Gasteiger partial charge in [-0.05, 0) is 80.1 Å². The summed E-state index contributed by atoms with van der Waals surface area (Å²) in [5.74, 6) is 0.178. The molecule has 3 nitrogen and oxygen atoms in total. The highest BCUT2D eigenvalue weighted by molar-refractivity contribution is 9.10. The molecule has 1 atom stereocenters. The average molecular weight is 525 g/mol. The van der Waals surface area contributed by atoms with E-state index in [2.05, 4.69) is 20.8 Å². The summed E-state index contributed by atoms with van der Waals surface area (Å²) < 4.78 is 1.03. The lowest BCUT2D eigenvalue weighted by Crippen LogP contribution is -2.44. The fourth-order valence-corrected chi connectivity index (χ4v) is 5.22. The van der Waals surface area contributed by atoms with Crippen LogP contribution in [-0.4, -0.2) is 34.7 Å². The van der Waals surface area contributed by atoms with Crippen LogP contribution in [-0.2, 0) is 5.60 Å². The Kier molecular flexibility index (Phi) is 10.3. The minimum Gasteiger partial charge on any atom is -0.388 e. The lowest BCUT2D eigenvalue weighted by atomic mass is 9.72. The van der Waals surface area contributed by atoms with Crippen molar-refractivity contribution in [1.29, 1.82) is 0 Å². The molecule has 0 bridgehead atoms. The van der Waals surface area contributed by atoms with Crippen LogP contribution in [0.1, 0.15) is 62.3 Å². The van der Waals surface area contributed by atoms with E-state index >= 15 is 0 Å². The lowest BCUT2D eigenvalue weighted by Gasteiger charge is -2.42. The van der Waals surface area contributed by atoms with Crippen LogP contribution in [0.4, 0.5) is 0 Å². The summed E-state index contributed by atoms with van der Waals surface area (Å²) in [7, 11) is 0. The lowest BCUT2D eigenvalue weighted by molar-refractivity contribution is -0.0146. The maximum absolute atomic E-state index is 12.0. The van der Waals surface area contributed by atoms with Gasteiger partial charge in [-0.15, -0.1) is 0 Å². The summed E-state index contributed by atoms with van der Waals surface area (Å²) in [4.78, 5) is 2.47. The van der Waals surface area contributed by atoms with Crippen molar-refractivity contribution < 1.29 is 10.2 Å². The highest BCUT2D eigenvalue weighted by Crippen LogP contribution is 2.41. The van der Waals surface area contributed by atoms with Crippen molar-refractivity contribution >= 4 is 15.9 Å². The number of piperidine rings is 1. The number of benzene rings is 3. The third-order valence-corrected chi connectivity index (χ3v) is 7.34. The zero-order valence-electron chi connectivity index (χ0n) is 20.4. The van der Waals surface area contributed by atoms with E-state index in [0.717, 1.165) is 66.5 Å². The van der Waals surface area contributed by atoms with Crippen LogP contribution in [0.5, 0.6) is 0 Å². The Bertz CT molecular complexity index is 915. The van der Waals surface area contributed by atoms with E-state index in [1.165, 1.54) is 0 Å². The normalized spacial score (nSPS) is 15.9. The van der Waals surface area contributed by atoms with Crippen LogP contribution in [0.15, 0.2) is 89.4 Å². The van der Waals surface area contributed by atoms with Gasteiger partial charge in [0.05, 0.1) is 6.10 Å². The fraction of sp³-hybridized carbons (Fsp3) is 0.400. The largest absolute Gasteiger partial charge is 0.388 e. The molecule has 0 saturated carbocycles. The van der Waals surface area contributed by atoms with Gasteiger partial charge in [-0.3, -0.25) is 0 Å². The molecule has 4 rings (SSSR count). The molecule has 0 aliphatic carbocycles. The van der Waals surface area contributed by atoms with Gasteiger partial charge in [0.2, 0.25) is 0 Å². The standard InChI is InChI=1S/C28H32BrNO2.C2H6/c29-26-15-13-22(14-16-26)27(31)12-7-19-30-20-17-25(18-21-30)28(32,23-8-3-1-4-9-23)24-10-5-2-6-11-24;1-2/h1-6,8-11,13-16,25,27,31-32H,7,12,17-21H2;1-2H3. The summed E-state index contributed by atoms with van der Waals surface area (Å²) in [5, 5.41) is 22.5. The maximum atomic E-state index is 12.0. The van der Waals surface area contributed by atoms with Crippen LogP contribution in [0.2, 0.25) is 0 Å². The van der Waals surface area contributed by atoms with E-state index in [1.54, 1.807) is 0 Å². The molecule has 1 unspecified atom stereocenters. The Hall–Kier alpha value is -1.98. The molecule has 3 aromatic rings. The number of nitrogens with zero attached hydrogens (tertiary/aromatic N) is 1. The minimum atomic E-state index is -0.966. The van der Waals surface area contributed by atoms with Gasteiger partial charge < -0.3 is 15.1 Å². The first-order valence-electron chi connectivity index (χ1n) is 12.6. The van der Waals surface area contributed by atoms with E-state index in [-0.39, 0.29) is 5.92 Å². The first-order chi connectivity index (χ1) is 16.6. The van der Waals surface area contributed by atoms with Gasteiger partial charge in [-0.25, -0.2) is 0 Å². The number of halogens is 1. The number of rotatable bonds is 8. The van der Waals surface area contributed by atoms with E-state index in [9.17, 15) is 10.2 Å². The summed E-state index contributed by atoms with van der Waals surface area (Å²) >= 11 is 3.44. The highest BCUT2D eigenvalue weighted by atomic mass is 79.9. The van der Waals surface area contributed by atoms with Crippen molar-refractivity contribution in [2.75, 3.05) is 19.6 Å². The Morgan fingerprint density at radius 3 is 1.85 bits per heavy atom. The molecule has 4 heteroatoms. The van der Waals surface area contributed by atoms with Gasteiger partial charge in [-0.1, -0.05) is 103 Å². The molecule has 1 heterocycles. The van der Waals surface area contributed by atoms with Crippen LogP contribution in [0, 0.1) is 5.92 Å². The molecule has 0 amide bonds. The van der Waals surface area contributed by atoms with Gasteiger partial charge in [0.25, 0.3) is 0 Å². The Morgan fingerprint density at radius 1 is 0.853 bits per heavy atom. The van der Waals surface area contributed by atoms with Crippen LogP contribution in [0.25, 0.3) is 0 Å². The molecule has 34 heavy (non-hydrogen) atoms. The van der Waals surface area contributed by atoms with Crippen LogP contribution >= 0.6 is 15.9 Å². The van der Waals surface area contributed by atoms with E-state index in [1.807, 2.05) is 98.8 Å². The predicted octanol–water partition coefficient (Wildman–Crippen LogP) is 6.94. The van der Waals surface area contributed by atoms with Gasteiger partial charge in [0.1, 0.15) is 5.60 Å². The van der Waals surface area contributed by atoms with Crippen molar-refractivity contribution in [1.82, 2.24) is 4.90 Å². The molecular formula is C30H38BrNO2. The molecule has 182 valence electrons. The van der Waals surface area contributed by atoms with Gasteiger partial charge in [-0.2, -0.15) is 0 Å². The number of likely N-dealkylation sites (tertiary alicyclic amines) is 1. The average Bonchev–Trinajstić information content (AvgIpc) is 2.91. The smallest absolute Gasteiger partial charge is 0.117 e. The maximum Gasteiger partial charge on any atom is 0.117 e. The fourth-order valence-electron chi connectivity index (χ4n) is 4.96. The van der Waals surface area contributed by atoms with Crippen molar-refractivity contribution in [3.63, 3.8) is 0 Å². The van der Waals surface area contributed by atoms with Gasteiger partial charge >= 0.3 is 0 Å². The Morgan fingerprint density at radius 2 is 1.35 bits per heavy atom. The first-order valence-corrected chi connectivity index (χ1v) is 13.4. The summed E-state index contributed by atoms with van der Waals surface area (Å²) in [6.07, 6.45) is 3.22. The van der Waals surface area contributed by atoms with Crippen molar-refractivity contribution in [3.8, 4) is 0 Å². The Labute approximate surface area is 213 Å². The number of hydrogen-bond acceptors (Lipinski definition) is 3. The number of aliphatic hydroxyl groups excluding tert-OH is 1. The topological polar surface area (TPSA) is 43.7 Å². The molecular weight excluding hydrogens is 486 g/mol. The van der Waals surface area contributed by atoms with E-state index in [4.69, 9.17) is 0 Å². The van der Waals surface area contributed by atoms with Gasteiger partial charge in [0.15, 0.2) is 0 Å². The Balaban J connectivity index is 0.00000158. The molecule has 3 aromatic carbocycles. The first kappa shape index (κ1) is 26.6.